The van der Waals surface area contributed by atoms with Crippen LogP contribution in [-0.2, 0) is 15.1 Å². The molecule has 1 fully saturated rings. The van der Waals surface area contributed by atoms with Crippen molar-refractivity contribution in [1.29, 1.82) is 0 Å². The van der Waals surface area contributed by atoms with Crippen molar-refractivity contribution in [3.63, 3.8) is 0 Å². The summed E-state index contributed by atoms with van der Waals surface area (Å²) in [6.45, 7) is 5.39. The van der Waals surface area contributed by atoms with E-state index in [1.165, 1.54) is 0 Å². The third-order valence-electron chi connectivity index (χ3n) is 3.98. The van der Waals surface area contributed by atoms with Crippen molar-refractivity contribution in [2.75, 3.05) is 0 Å². The third kappa shape index (κ3) is 4.25. The molecule has 0 spiro atoms. The Kier molecular flexibility index (Phi) is 5.35. The van der Waals surface area contributed by atoms with Gasteiger partial charge in [-0.15, -0.1) is 0 Å². The topological polar surface area (TPSA) is 55.4 Å². The molecule has 1 aromatic carbocycles. The van der Waals surface area contributed by atoms with Crippen LogP contribution >= 0.6 is 11.6 Å². The van der Waals surface area contributed by atoms with Gasteiger partial charge in [-0.2, -0.15) is 0 Å². The molecule has 0 heterocycles. The van der Waals surface area contributed by atoms with Gasteiger partial charge in [0.25, 0.3) is 0 Å². The summed E-state index contributed by atoms with van der Waals surface area (Å²) in [4.78, 5) is 25.2. The highest BCUT2D eigenvalue weighted by Crippen LogP contribution is 2.37. The summed E-state index contributed by atoms with van der Waals surface area (Å²) in [5.41, 5.74) is -1.07. The number of ketones is 1. The van der Waals surface area contributed by atoms with Crippen LogP contribution in [0.5, 0.6) is 0 Å². The molecule has 1 unspecified atom stereocenters. The van der Waals surface area contributed by atoms with E-state index < -0.39 is 17.2 Å². The Balaban J connectivity index is 2.41. The van der Waals surface area contributed by atoms with Crippen molar-refractivity contribution in [3.05, 3.63) is 34.9 Å². The number of carbonyl (C=O) groups excluding carboxylic acids is 2. The first-order valence-corrected chi connectivity index (χ1v) is 8.42. The lowest BCUT2D eigenvalue weighted by molar-refractivity contribution is -0.125. The average molecular weight is 338 g/mol. The molecule has 2 rings (SSSR count). The molecule has 23 heavy (non-hydrogen) atoms. The molecule has 1 amide bonds. The van der Waals surface area contributed by atoms with Crippen molar-refractivity contribution >= 4 is 23.5 Å². The minimum absolute atomic E-state index is 0.00559. The molecule has 4 nitrogen and oxygen atoms in total. The van der Waals surface area contributed by atoms with Crippen molar-refractivity contribution < 1.29 is 14.3 Å². The van der Waals surface area contributed by atoms with Crippen molar-refractivity contribution in [1.82, 2.24) is 5.32 Å². The predicted molar refractivity (Wildman–Crippen MR) is 90.6 cm³/mol. The zero-order chi connectivity index (χ0) is 17.1. The molecule has 1 atom stereocenters. The first kappa shape index (κ1) is 17.8. The van der Waals surface area contributed by atoms with Crippen LogP contribution in [0.4, 0.5) is 4.79 Å². The number of hydrogen-bond donors (Lipinski definition) is 1. The molecule has 5 heteroatoms. The molecule has 1 aliphatic rings. The van der Waals surface area contributed by atoms with Crippen molar-refractivity contribution in [2.45, 2.75) is 64.0 Å². The first-order chi connectivity index (χ1) is 10.7. The number of Topliss-reactive ketones (excluding diaryl/α,β-unsaturated/α-hetero) is 1. The lowest BCUT2D eigenvalue weighted by Crippen LogP contribution is -2.52. The Morgan fingerprint density at radius 2 is 1.91 bits per heavy atom. The van der Waals surface area contributed by atoms with Gasteiger partial charge in [-0.05, 0) is 39.7 Å². The summed E-state index contributed by atoms with van der Waals surface area (Å²) in [5.74, 6) is -0.00559. The summed E-state index contributed by atoms with van der Waals surface area (Å²) in [6, 6.07) is 7.20. The van der Waals surface area contributed by atoms with Crippen molar-refractivity contribution in [2.24, 2.45) is 0 Å². The maximum atomic E-state index is 12.9. The second-order valence-corrected chi connectivity index (χ2v) is 7.40. The van der Waals surface area contributed by atoms with E-state index in [0.29, 0.717) is 23.4 Å². The van der Waals surface area contributed by atoms with Crippen LogP contribution in [0.2, 0.25) is 5.02 Å². The Hall–Kier alpha value is -1.55. The molecule has 1 saturated carbocycles. The maximum absolute atomic E-state index is 12.9. The zero-order valence-corrected chi connectivity index (χ0v) is 14.7. The van der Waals surface area contributed by atoms with Gasteiger partial charge in [0, 0.05) is 17.0 Å². The van der Waals surface area contributed by atoms with Crippen LogP contribution in [0.3, 0.4) is 0 Å². The van der Waals surface area contributed by atoms with Gasteiger partial charge < -0.3 is 10.1 Å². The standard InChI is InChI=1S/C18H24ClNO3/c1-17(2,3)23-16(22)20-18(12-8-4-5-11-15(18)21)13-9-6-7-10-14(13)19/h6-7,9-10H,4-5,8,11-12H2,1-3H3,(H,20,22). The molecule has 0 saturated heterocycles. The lowest BCUT2D eigenvalue weighted by Gasteiger charge is -2.34. The molecule has 126 valence electrons. The number of benzene rings is 1. The number of rotatable bonds is 2. The monoisotopic (exact) mass is 337 g/mol. The van der Waals surface area contributed by atoms with E-state index in [1.807, 2.05) is 18.2 Å². The Morgan fingerprint density at radius 3 is 2.57 bits per heavy atom. The number of nitrogens with one attached hydrogen (secondary N) is 1. The number of amides is 1. The second-order valence-electron chi connectivity index (χ2n) is 7.00. The number of carbonyl (C=O) groups is 2. The summed E-state index contributed by atoms with van der Waals surface area (Å²) >= 11 is 6.34. The minimum atomic E-state index is -1.10. The van der Waals surface area contributed by atoms with Crippen LogP contribution in [0, 0.1) is 0 Å². The number of ether oxygens (including phenoxy) is 1. The van der Waals surface area contributed by atoms with Gasteiger partial charge in [0.1, 0.15) is 11.1 Å². The maximum Gasteiger partial charge on any atom is 0.408 e. The van der Waals surface area contributed by atoms with Crippen LogP contribution in [0.15, 0.2) is 24.3 Å². The predicted octanol–water partition coefficient (Wildman–Crippen LogP) is 4.59. The van der Waals surface area contributed by atoms with E-state index in [9.17, 15) is 9.59 Å². The summed E-state index contributed by atoms with van der Waals surface area (Å²) in [5, 5.41) is 3.33. The minimum Gasteiger partial charge on any atom is -0.444 e. The quantitative estimate of drug-likeness (QED) is 0.803. The summed E-state index contributed by atoms with van der Waals surface area (Å²) < 4.78 is 5.37. The van der Waals surface area contributed by atoms with Gasteiger partial charge in [0.2, 0.25) is 0 Å². The zero-order valence-electron chi connectivity index (χ0n) is 13.9. The molecule has 1 aromatic rings. The average Bonchev–Trinajstić information content (AvgIpc) is 2.60. The SMILES string of the molecule is CC(C)(C)OC(=O)NC1(c2ccccc2Cl)CCCCCC1=O. The van der Waals surface area contributed by atoms with Gasteiger partial charge in [0.15, 0.2) is 5.78 Å². The molecular formula is C18H24ClNO3. The van der Waals surface area contributed by atoms with E-state index in [1.54, 1.807) is 26.8 Å². The largest absolute Gasteiger partial charge is 0.444 e. The van der Waals surface area contributed by atoms with Crippen LogP contribution in [0.25, 0.3) is 0 Å². The van der Waals surface area contributed by atoms with Crippen LogP contribution in [-0.4, -0.2) is 17.5 Å². The first-order valence-electron chi connectivity index (χ1n) is 8.04. The highest BCUT2D eigenvalue weighted by Gasteiger charge is 2.43. The Bertz CT molecular complexity index is 594. The van der Waals surface area contributed by atoms with Crippen LogP contribution in [0.1, 0.15) is 58.4 Å². The molecule has 0 radical (unpaired) electrons. The Morgan fingerprint density at radius 1 is 1.22 bits per heavy atom. The number of hydrogen-bond acceptors (Lipinski definition) is 3. The summed E-state index contributed by atoms with van der Waals surface area (Å²) in [7, 11) is 0. The van der Waals surface area contributed by atoms with E-state index in [0.717, 1.165) is 19.3 Å². The molecule has 1 aliphatic carbocycles. The van der Waals surface area contributed by atoms with E-state index >= 15 is 0 Å². The van der Waals surface area contributed by atoms with E-state index in [2.05, 4.69) is 5.32 Å². The van der Waals surface area contributed by atoms with Gasteiger partial charge in [0.05, 0.1) is 0 Å². The number of halogens is 1. The molecule has 0 bridgehead atoms. The molecule has 0 aliphatic heterocycles. The van der Waals surface area contributed by atoms with E-state index in [-0.39, 0.29) is 5.78 Å². The van der Waals surface area contributed by atoms with Crippen molar-refractivity contribution in [3.8, 4) is 0 Å². The van der Waals surface area contributed by atoms with Crippen LogP contribution < -0.4 is 5.32 Å². The normalized spacial score (nSPS) is 22.3. The Labute approximate surface area is 142 Å². The fraction of sp³-hybridized carbons (Fsp3) is 0.556. The van der Waals surface area contributed by atoms with E-state index in [4.69, 9.17) is 16.3 Å². The second kappa shape index (κ2) is 6.91. The highest BCUT2D eigenvalue weighted by molar-refractivity contribution is 6.31. The molecule has 0 aromatic heterocycles. The summed E-state index contributed by atoms with van der Waals surface area (Å²) in [6.07, 6.45) is 3.03. The highest BCUT2D eigenvalue weighted by atomic mass is 35.5. The third-order valence-corrected chi connectivity index (χ3v) is 4.31. The number of alkyl carbamates (subject to hydrolysis) is 1. The van der Waals surface area contributed by atoms with Gasteiger partial charge in [-0.3, -0.25) is 4.79 Å². The van der Waals surface area contributed by atoms with Gasteiger partial charge in [-0.25, -0.2) is 4.79 Å². The molecule has 1 N–H and O–H groups in total. The van der Waals surface area contributed by atoms with Gasteiger partial charge in [-0.1, -0.05) is 42.6 Å². The lowest BCUT2D eigenvalue weighted by atomic mass is 9.81. The fourth-order valence-electron chi connectivity index (χ4n) is 2.97. The molecular weight excluding hydrogens is 314 g/mol. The van der Waals surface area contributed by atoms with Gasteiger partial charge >= 0.3 is 6.09 Å². The smallest absolute Gasteiger partial charge is 0.408 e. The fourth-order valence-corrected chi connectivity index (χ4v) is 3.27.